The summed E-state index contributed by atoms with van der Waals surface area (Å²) in [7, 11) is 0. The average Bonchev–Trinajstić information content (AvgIpc) is 3.32. The number of benzene rings is 3. The van der Waals surface area contributed by atoms with Crippen LogP contribution in [-0.2, 0) is 11.2 Å². The Hall–Kier alpha value is -3.24. The Morgan fingerprint density at radius 1 is 0.889 bits per heavy atom. The summed E-state index contributed by atoms with van der Waals surface area (Å²) < 4.78 is 0. The van der Waals surface area contributed by atoms with E-state index in [1.165, 1.54) is 22.3 Å². The molecule has 3 aromatic carbocycles. The van der Waals surface area contributed by atoms with Gasteiger partial charge in [-0.25, -0.2) is 5.01 Å². The van der Waals surface area contributed by atoms with Crippen LogP contribution in [-0.4, -0.2) is 41.2 Å². The summed E-state index contributed by atoms with van der Waals surface area (Å²) in [5, 5.41) is 6.71. The van der Waals surface area contributed by atoms with Gasteiger partial charge in [-0.05, 0) is 75.7 Å². The normalized spacial score (nSPS) is 18.9. The lowest BCUT2D eigenvalue weighted by atomic mass is 9.90. The number of rotatable bonds is 6. The van der Waals surface area contributed by atoms with Gasteiger partial charge in [0.1, 0.15) is 0 Å². The first kappa shape index (κ1) is 24.5. The first-order valence-corrected chi connectivity index (χ1v) is 13.3. The minimum absolute atomic E-state index is 0.0515. The lowest BCUT2D eigenvalue weighted by Crippen LogP contribution is -2.42. The highest BCUT2D eigenvalue weighted by molar-refractivity contribution is 6.04. The van der Waals surface area contributed by atoms with E-state index in [1.807, 2.05) is 0 Å². The van der Waals surface area contributed by atoms with Crippen LogP contribution in [0.5, 0.6) is 0 Å². The van der Waals surface area contributed by atoms with E-state index in [9.17, 15) is 4.79 Å². The molecule has 186 valence electrons. The maximum absolute atomic E-state index is 13.6. The predicted octanol–water partition coefficient (Wildman–Crippen LogP) is 6.24. The molecular weight excluding hydrogens is 442 g/mol. The Morgan fingerprint density at radius 3 is 2.28 bits per heavy atom. The zero-order chi connectivity index (χ0) is 25.1. The third-order valence-corrected chi connectivity index (χ3v) is 7.75. The van der Waals surface area contributed by atoms with Crippen LogP contribution in [0.15, 0.2) is 77.9 Å². The summed E-state index contributed by atoms with van der Waals surface area (Å²) in [6.07, 6.45) is 4.16. The molecule has 1 amide bonds. The van der Waals surface area contributed by atoms with Gasteiger partial charge in [0.25, 0.3) is 5.91 Å². The molecular formula is C32H37N3O. The molecule has 1 unspecified atom stereocenters. The number of nitrogens with zero attached hydrogens (tertiary/aromatic N) is 3. The van der Waals surface area contributed by atoms with Crippen molar-refractivity contribution >= 4 is 11.6 Å². The van der Waals surface area contributed by atoms with Gasteiger partial charge in [0, 0.05) is 12.0 Å². The SMILES string of the molecule is Cc1ccc(C2CC(c3ccc(C)cc3C)=NN2C(=O)CN2CCC(Cc3ccccc3)CC2)cc1. The van der Waals surface area contributed by atoms with Crippen LogP contribution in [0.4, 0.5) is 0 Å². The lowest BCUT2D eigenvalue weighted by molar-refractivity contribution is -0.134. The number of hydrogen-bond acceptors (Lipinski definition) is 3. The van der Waals surface area contributed by atoms with Gasteiger partial charge in [0.15, 0.2) is 0 Å². The molecule has 0 bridgehead atoms. The maximum atomic E-state index is 13.6. The van der Waals surface area contributed by atoms with Crippen LogP contribution in [0.25, 0.3) is 0 Å². The molecule has 0 aliphatic carbocycles. The second-order valence-electron chi connectivity index (χ2n) is 10.6. The van der Waals surface area contributed by atoms with Gasteiger partial charge in [-0.2, -0.15) is 5.10 Å². The number of amides is 1. The minimum atomic E-state index is -0.0515. The van der Waals surface area contributed by atoms with E-state index in [1.54, 1.807) is 5.01 Å². The van der Waals surface area contributed by atoms with Gasteiger partial charge in [-0.3, -0.25) is 9.69 Å². The molecule has 3 aromatic rings. The largest absolute Gasteiger partial charge is 0.294 e. The molecule has 4 nitrogen and oxygen atoms in total. The number of hydrogen-bond donors (Lipinski definition) is 0. The van der Waals surface area contributed by atoms with Crippen LogP contribution in [0.1, 0.15) is 58.7 Å². The van der Waals surface area contributed by atoms with E-state index in [0.29, 0.717) is 12.5 Å². The third-order valence-electron chi connectivity index (χ3n) is 7.75. The molecule has 2 aliphatic heterocycles. The molecule has 1 saturated heterocycles. The van der Waals surface area contributed by atoms with Crippen molar-refractivity contribution in [3.05, 3.63) is 106 Å². The predicted molar refractivity (Wildman–Crippen MR) is 147 cm³/mol. The Bertz CT molecular complexity index is 1220. The summed E-state index contributed by atoms with van der Waals surface area (Å²) in [6, 6.07) is 25.8. The van der Waals surface area contributed by atoms with Crippen molar-refractivity contribution in [3.63, 3.8) is 0 Å². The first-order valence-electron chi connectivity index (χ1n) is 13.3. The Labute approximate surface area is 215 Å². The molecule has 36 heavy (non-hydrogen) atoms. The summed E-state index contributed by atoms with van der Waals surface area (Å²) in [4.78, 5) is 15.9. The van der Waals surface area contributed by atoms with Crippen LogP contribution >= 0.6 is 0 Å². The van der Waals surface area contributed by atoms with Crippen molar-refractivity contribution in [1.82, 2.24) is 9.91 Å². The average molecular weight is 480 g/mol. The van der Waals surface area contributed by atoms with Crippen LogP contribution in [0.2, 0.25) is 0 Å². The van der Waals surface area contributed by atoms with E-state index < -0.39 is 0 Å². The molecule has 1 atom stereocenters. The van der Waals surface area contributed by atoms with Crippen LogP contribution < -0.4 is 0 Å². The Morgan fingerprint density at radius 2 is 1.58 bits per heavy atom. The monoisotopic (exact) mass is 479 g/mol. The van der Waals surface area contributed by atoms with Crippen molar-refractivity contribution in [2.75, 3.05) is 19.6 Å². The molecule has 2 heterocycles. The summed E-state index contributed by atoms with van der Waals surface area (Å²) >= 11 is 0. The topological polar surface area (TPSA) is 35.9 Å². The van der Waals surface area contributed by atoms with E-state index in [0.717, 1.165) is 55.6 Å². The van der Waals surface area contributed by atoms with Gasteiger partial charge in [0.2, 0.25) is 0 Å². The summed E-state index contributed by atoms with van der Waals surface area (Å²) in [6.45, 7) is 8.72. The summed E-state index contributed by atoms with van der Waals surface area (Å²) in [5.41, 5.74) is 8.41. The second kappa shape index (κ2) is 10.8. The van der Waals surface area contributed by atoms with E-state index in [2.05, 4.69) is 98.5 Å². The quantitative estimate of drug-likeness (QED) is 0.419. The van der Waals surface area contributed by atoms with Crippen molar-refractivity contribution in [1.29, 1.82) is 0 Å². The number of likely N-dealkylation sites (tertiary alicyclic amines) is 1. The fourth-order valence-corrected chi connectivity index (χ4v) is 5.65. The summed E-state index contributed by atoms with van der Waals surface area (Å²) in [5.74, 6) is 0.793. The van der Waals surface area contributed by atoms with Gasteiger partial charge in [-0.1, -0.05) is 83.9 Å². The maximum Gasteiger partial charge on any atom is 0.257 e. The molecule has 0 aromatic heterocycles. The van der Waals surface area contributed by atoms with Crippen molar-refractivity contribution in [2.24, 2.45) is 11.0 Å². The minimum Gasteiger partial charge on any atom is -0.294 e. The van der Waals surface area contributed by atoms with E-state index >= 15 is 0 Å². The van der Waals surface area contributed by atoms with Crippen LogP contribution in [0, 0.1) is 26.7 Å². The van der Waals surface area contributed by atoms with Crippen molar-refractivity contribution < 1.29 is 4.79 Å². The van der Waals surface area contributed by atoms with Gasteiger partial charge in [-0.15, -0.1) is 0 Å². The highest BCUT2D eigenvalue weighted by atomic mass is 16.2. The molecule has 0 N–H and O–H groups in total. The second-order valence-corrected chi connectivity index (χ2v) is 10.6. The molecule has 5 rings (SSSR count). The van der Waals surface area contributed by atoms with Gasteiger partial charge in [0.05, 0.1) is 18.3 Å². The molecule has 1 fully saturated rings. The van der Waals surface area contributed by atoms with Crippen LogP contribution in [0.3, 0.4) is 0 Å². The Kier molecular flexibility index (Phi) is 7.33. The number of carbonyl (C=O) groups excluding carboxylic acids is 1. The number of aryl methyl sites for hydroxylation is 3. The fourth-order valence-electron chi connectivity index (χ4n) is 5.65. The molecule has 0 radical (unpaired) electrons. The zero-order valence-electron chi connectivity index (χ0n) is 21.8. The van der Waals surface area contributed by atoms with E-state index in [4.69, 9.17) is 5.10 Å². The number of piperidine rings is 1. The van der Waals surface area contributed by atoms with Gasteiger partial charge < -0.3 is 0 Å². The van der Waals surface area contributed by atoms with Crippen molar-refractivity contribution in [2.45, 2.75) is 52.5 Å². The molecule has 4 heteroatoms. The standard InChI is InChI=1S/C32H37N3O/c1-23-9-12-28(13-10-23)31-21-30(29-14-11-24(2)19-25(29)3)33-35(31)32(36)22-34-17-15-27(16-18-34)20-26-7-5-4-6-8-26/h4-14,19,27,31H,15-18,20-22H2,1-3H3. The van der Waals surface area contributed by atoms with Crippen molar-refractivity contribution in [3.8, 4) is 0 Å². The first-order chi connectivity index (χ1) is 17.5. The molecule has 2 aliphatic rings. The zero-order valence-corrected chi connectivity index (χ0v) is 21.8. The van der Waals surface area contributed by atoms with E-state index in [-0.39, 0.29) is 11.9 Å². The lowest BCUT2D eigenvalue weighted by Gasteiger charge is -2.33. The smallest absolute Gasteiger partial charge is 0.257 e. The highest BCUT2D eigenvalue weighted by Crippen LogP contribution is 2.34. The molecule has 0 saturated carbocycles. The molecule has 0 spiro atoms. The van der Waals surface area contributed by atoms with Gasteiger partial charge >= 0.3 is 0 Å². The number of hydrazone groups is 1. The Balaban J connectivity index is 1.29. The third kappa shape index (κ3) is 5.60. The number of carbonyl (C=O) groups is 1. The fraction of sp³-hybridized carbons (Fsp3) is 0.375. The highest BCUT2D eigenvalue weighted by Gasteiger charge is 2.34.